The van der Waals surface area contributed by atoms with Crippen molar-refractivity contribution < 1.29 is 14.3 Å². The van der Waals surface area contributed by atoms with E-state index in [2.05, 4.69) is 5.32 Å². The summed E-state index contributed by atoms with van der Waals surface area (Å²) in [7, 11) is 0. The van der Waals surface area contributed by atoms with Crippen LogP contribution in [0.4, 0.5) is 0 Å². The molecule has 92 valence electrons. The summed E-state index contributed by atoms with van der Waals surface area (Å²) >= 11 is 0. The summed E-state index contributed by atoms with van der Waals surface area (Å²) in [5.41, 5.74) is 5.50. The molecule has 5 heteroatoms. The molecule has 3 N–H and O–H groups in total. The standard InChI is InChI=1S/C11H20N2O3/c12-5-9-1-2-10(16-9)11(14)13-6-8-3-4-15-7-8/h8-10H,1-7,12H2,(H,13,14). The molecule has 5 nitrogen and oxygen atoms in total. The van der Waals surface area contributed by atoms with Crippen molar-refractivity contribution in [3.63, 3.8) is 0 Å². The second-order valence-corrected chi connectivity index (χ2v) is 4.53. The van der Waals surface area contributed by atoms with Crippen molar-refractivity contribution in [3.05, 3.63) is 0 Å². The predicted octanol–water partition coefficient (Wildman–Crippen LogP) is -0.355. The van der Waals surface area contributed by atoms with E-state index >= 15 is 0 Å². The first kappa shape index (κ1) is 11.8. The van der Waals surface area contributed by atoms with Crippen LogP contribution in [0.2, 0.25) is 0 Å². The van der Waals surface area contributed by atoms with Crippen LogP contribution in [-0.4, -0.2) is 44.4 Å². The number of hydrogen-bond donors (Lipinski definition) is 2. The summed E-state index contributed by atoms with van der Waals surface area (Å²) in [6.45, 7) is 2.78. The van der Waals surface area contributed by atoms with E-state index < -0.39 is 0 Å². The SMILES string of the molecule is NCC1CCC(C(=O)NCC2CCOC2)O1. The van der Waals surface area contributed by atoms with Gasteiger partial charge in [0.05, 0.1) is 12.7 Å². The molecule has 1 amide bonds. The van der Waals surface area contributed by atoms with Crippen LogP contribution < -0.4 is 11.1 Å². The van der Waals surface area contributed by atoms with Crippen molar-refractivity contribution >= 4 is 5.91 Å². The molecular weight excluding hydrogens is 208 g/mol. The quantitative estimate of drug-likeness (QED) is 0.689. The second kappa shape index (κ2) is 5.61. The molecule has 3 unspecified atom stereocenters. The average Bonchev–Trinajstić information content (AvgIpc) is 2.96. The molecular formula is C11H20N2O3. The number of amides is 1. The summed E-state index contributed by atoms with van der Waals surface area (Å²) < 4.78 is 10.8. The maximum atomic E-state index is 11.7. The average molecular weight is 228 g/mol. The lowest BCUT2D eigenvalue weighted by Crippen LogP contribution is -2.38. The Labute approximate surface area is 95.7 Å². The summed E-state index contributed by atoms with van der Waals surface area (Å²) in [5.74, 6) is 0.471. The molecule has 2 fully saturated rings. The van der Waals surface area contributed by atoms with Crippen molar-refractivity contribution in [1.29, 1.82) is 0 Å². The van der Waals surface area contributed by atoms with Gasteiger partial charge in [-0.25, -0.2) is 0 Å². The Morgan fingerprint density at radius 2 is 2.25 bits per heavy atom. The van der Waals surface area contributed by atoms with Gasteiger partial charge in [-0.2, -0.15) is 0 Å². The van der Waals surface area contributed by atoms with Crippen LogP contribution >= 0.6 is 0 Å². The molecule has 2 aliphatic heterocycles. The van der Waals surface area contributed by atoms with E-state index in [-0.39, 0.29) is 18.1 Å². The fraction of sp³-hybridized carbons (Fsp3) is 0.909. The van der Waals surface area contributed by atoms with Gasteiger partial charge in [-0.05, 0) is 19.3 Å². The number of carbonyl (C=O) groups excluding carboxylic acids is 1. The normalized spacial score (nSPS) is 34.2. The smallest absolute Gasteiger partial charge is 0.249 e. The van der Waals surface area contributed by atoms with Crippen molar-refractivity contribution in [2.75, 3.05) is 26.3 Å². The van der Waals surface area contributed by atoms with Crippen LogP contribution in [0.5, 0.6) is 0 Å². The van der Waals surface area contributed by atoms with Gasteiger partial charge in [0.1, 0.15) is 6.10 Å². The Hall–Kier alpha value is -0.650. The van der Waals surface area contributed by atoms with Gasteiger partial charge in [-0.15, -0.1) is 0 Å². The highest BCUT2D eigenvalue weighted by Crippen LogP contribution is 2.19. The number of carbonyl (C=O) groups is 1. The first-order chi connectivity index (χ1) is 7.79. The third-order valence-electron chi connectivity index (χ3n) is 3.25. The Balaban J connectivity index is 1.67. The Bertz CT molecular complexity index is 241. The molecule has 0 radical (unpaired) electrons. The van der Waals surface area contributed by atoms with E-state index in [9.17, 15) is 4.79 Å². The maximum absolute atomic E-state index is 11.7. The molecule has 0 aromatic carbocycles. The molecule has 0 saturated carbocycles. The minimum absolute atomic E-state index is 0.00264. The Morgan fingerprint density at radius 3 is 2.88 bits per heavy atom. The third kappa shape index (κ3) is 2.93. The van der Waals surface area contributed by atoms with E-state index in [1.165, 1.54) is 0 Å². The molecule has 0 spiro atoms. The summed E-state index contributed by atoms with van der Waals surface area (Å²) in [4.78, 5) is 11.7. The molecule has 2 aliphatic rings. The maximum Gasteiger partial charge on any atom is 0.249 e. The third-order valence-corrected chi connectivity index (χ3v) is 3.25. The predicted molar refractivity (Wildman–Crippen MR) is 58.9 cm³/mol. The molecule has 0 aliphatic carbocycles. The zero-order valence-corrected chi connectivity index (χ0v) is 9.48. The number of nitrogens with one attached hydrogen (secondary N) is 1. The topological polar surface area (TPSA) is 73.6 Å². The zero-order valence-electron chi connectivity index (χ0n) is 9.48. The Morgan fingerprint density at radius 1 is 1.38 bits per heavy atom. The highest BCUT2D eigenvalue weighted by Gasteiger charge is 2.30. The molecule has 16 heavy (non-hydrogen) atoms. The van der Waals surface area contributed by atoms with Gasteiger partial charge in [0.15, 0.2) is 0 Å². The zero-order chi connectivity index (χ0) is 11.4. The fourth-order valence-electron chi connectivity index (χ4n) is 2.18. The number of hydrogen-bond acceptors (Lipinski definition) is 4. The lowest BCUT2D eigenvalue weighted by atomic mass is 10.1. The lowest BCUT2D eigenvalue weighted by Gasteiger charge is -2.14. The molecule has 2 saturated heterocycles. The van der Waals surface area contributed by atoms with E-state index in [4.69, 9.17) is 15.2 Å². The van der Waals surface area contributed by atoms with Gasteiger partial charge in [-0.1, -0.05) is 0 Å². The minimum atomic E-state index is -0.295. The fourth-order valence-corrected chi connectivity index (χ4v) is 2.18. The van der Waals surface area contributed by atoms with Crippen LogP contribution in [0.25, 0.3) is 0 Å². The molecule has 2 rings (SSSR count). The Kier molecular flexibility index (Phi) is 4.15. The molecule has 2 heterocycles. The number of ether oxygens (including phenoxy) is 2. The van der Waals surface area contributed by atoms with E-state index in [1.54, 1.807) is 0 Å². The van der Waals surface area contributed by atoms with Crippen molar-refractivity contribution in [2.45, 2.75) is 31.5 Å². The van der Waals surface area contributed by atoms with Crippen LogP contribution in [0.3, 0.4) is 0 Å². The molecule has 0 bridgehead atoms. The summed E-state index contributed by atoms with van der Waals surface area (Å²) in [6, 6.07) is 0. The van der Waals surface area contributed by atoms with Gasteiger partial charge in [0, 0.05) is 25.6 Å². The van der Waals surface area contributed by atoms with Gasteiger partial charge >= 0.3 is 0 Å². The van der Waals surface area contributed by atoms with Crippen LogP contribution in [0, 0.1) is 5.92 Å². The van der Waals surface area contributed by atoms with Crippen molar-refractivity contribution in [3.8, 4) is 0 Å². The van der Waals surface area contributed by atoms with Crippen molar-refractivity contribution in [1.82, 2.24) is 5.32 Å². The van der Waals surface area contributed by atoms with Crippen molar-refractivity contribution in [2.24, 2.45) is 11.7 Å². The first-order valence-electron chi connectivity index (χ1n) is 6.00. The number of nitrogens with two attached hydrogens (primary N) is 1. The van der Waals surface area contributed by atoms with E-state index in [1.807, 2.05) is 0 Å². The first-order valence-corrected chi connectivity index (χ1v) is 6.00. The molecule has 0 aromatic heterocycles. The monoisotopic (exact) mass is 228 g/mol. The van der Waals surface area contributed by atoms with Gasteiger partial charge in [-0.3, -0.25) is 4.79 Å². The lowest BCUT2D eigenvalue weighted by molar-refractivity contribution is -0.132. The van der Waals surface area contributed by atoms with Gasteiger partial charge in [0.2, 0.25) is 5.91 Å². The molecule has 3 atom stereocenters. The highest BCUT2D eigenvalue weighted by molar-refractivity contribution is 5.81. The summed E-state index contributed by atoms with van der Waals surface area (Å²) in [6.07, 6.45) is 2.48. The largest absolute Gasteiger partial charge is 0.381 e. The van der Waals surface area contributed by atoms with E-state index in [0.717, 1.165) is 32.5 Å². The number of rotatable bonds is 4. The van der Waals surface area contributed by atoms with Gasteiger partial charge in [0.25, 0.3) is 0 Å². The second-order valence-electron chi connectivity index (χ2n) is 4.53. The van der Waals surface area contributed by atoms with Crippen LogP contribution in [0.1, 0.15) is 19.3 Å². The summed E-state index contributed by atoms with van der Waals surface area (Å²) in [5, 5.41) is 2.93. The van der Waals surface area contributed by atoms with E-state index in [0.29, 0.717) is 19.0 Å². The molecule has 0 aromatic rings. The minimum Gasteiger partial charge on any atom is -0.381 e. The highest BCUT2D eigenvalue weighted by atomic mass is 16.5. The van der Waals surface area contributed by atoms with Crippen LogP contribution in [-0.2, 0) is 14.3 Å². The van der Waals surface area contributed by atoms with Crippen LogP contribution in [0.15, 0.2) is 0 Å². The van der Waals surface area contributed by atoms with Gasteiger partial charge < -0.3 is 20.5 Å².